The minimum atomic E-state index is -0.0419. The van der Waals surface area contributed by atoms with Crippen molar-refractivity contribution in [3.05, 3.63) is 33.8 Å². The van der Waals surface area contributed by atoms with Gasteiger partial charge in [-0.15, -0.1) is 24.0 Å². The number of aliphatic imine (C=N–C) groups is 1. The Hall–Kier alpha value is -0.280. The van der Waals surface area contributed by atoms with Gasteiger partial charge in [0, 0.05) is 30.2 Å². The van der Waals surface area contributed by atoms with Gasteiger partial charge in [-0.25, -0.2) is 0 Å². The summed E-state index contributed by atoms with van der Waals surface area (Å²) in [6.07, 6.45) is 0. The van der Waals surface area contributed by atoms with Crippen LogP contribution in [0.4, 0.5) is 0 Å². The number of nitrogens with one attached hydrogen (secondary N) is 1. The van der Waals surface area contributed by atoms with Crippen LogP contribution in [0, 0.1) is 0 Å². The van der Waals surface area contributed by atoms with Gasteiger partial charge in [-0.05, 0) is 31.7 Å². The Morgan fingerprint density at radius 1 is 1.39 bits per heavy atom. The number of guanidine groups is 1. The largest absolute Gasteiger partial charge is 0.383 e. The van der Waals surface area contributed by atoms with Gasteiger partial charge in [-0.2, -0.15) is 0 Å². The zero-order valence-corrected chi connectivity index (χ0v) is 17.5. The predicted octanol–water partition coefficient (Wildman–Crippen LogP) is 3.15. The average Bonchev–Trinajstić information content (AvgIpc) is 2.44. The molecular formula is C15H25Cl2IN4O. The smallest absolute Gasteiger partial charge is 0.189 e. The molecule has 23 heavy (non-hydrogen) atoms. The molecule has 0 fully saturated rings. The molecule has 1 aromatic rings. The quantitative estimate of drug-likeness (QED) is 0.345. The first-order valence-electron chi connectivity index (χ1n) is 7.13. The maximum Gasteiger partial charge on any atom is 0.189 e. The van der Waals surface area contributed by atoms with Gasteiger partial charge >= 0.3 is 0 Å². The van der Waals surface area contributed by atoms with E-state index >= 15 is 0 Å². The molecule has 0 aromatic heterocycles. The molecule has 5 nitrogen and oxygen atoms in total. The Morgan fingerprint density at radius 3 is 2.70 bits per heavy atom. The number of nitrogens with zero attached hydrogens (tertiary/aromatic N) is 2. The Labute approximate surface area is 165 Å². The number of methoxy groups -OCH3 is 1. The first-order valence-corrected chi connectivity index (χ1v) is 7.88. The van der Waals surface area contributed by atoms with E-state index in [1.807, 2.05) is 20.0 Å². The van der Waals surface area contributed by atoms with Crippen LogP contribution in [0.5, 0.6) is 0 Å². The van der Waals surface area contributed by atoms with Gasteiger partial charge in [0.2, 0.25) is 0 Å². The second-order valence-electron chi connectivity index (χ2n) is 5.09. The fourth-order valence-corrected chi connectivity index (χ4v) is 2.47. The molecule has 0 spiro atoms. The number of ether oxygens (including phenoxy) is 1. The molecule has 132 valence electrons. The van der Waals surface area contributed by atoms with E-state index in [1.54, 1.807) is 19.2 Å². The van der Waals surface area contributed by atoms with E-state index in [0.29, 0.717) is 29.2 Å². The molecule has 1 atom stereocenters. The van der Waals surface area contributed by atoms with Gasteiger partial charge in [0.05, 0.1) is 19.2 Å². The van der Waals surface area contributed by atoms with Crippen molar-refractivity contribution < 1.29 is 4.74 Å². The highest BCUT2D eigenvalue weighted by Crippen LogP contribution is 2.25. The fraction of sp³-hybridized carbons (Fsp3) is 0.533. The van der Waals surface area contributed by atoms with Crippen LogP contribution in [0.1, 0.15) is 18.5 Å². The van der Waals surface area contributed by atoms with Crippen LogP contribution < -0.4 is 11.1 Å². The zero-order chi connectivity index (χ0) is 16.5. The standard InChI is InChI=1S/C15H24Cl2N4O.HI/c1-11(13-5-4-12(16)10-14(13)17)20-15(18)19-6-7-21(2)8-9-22-3;/h4-5,10-11H,6-9H2,1-3H3,(H3,18,19,20);1H. The molecule has 0 aliphatic heterocycles. The van der Waals surface area contributed by atoms with Crippen LogP contribution >= 0.6 is 47.2 Å². The first-order chi connectivity index (χ1) is 10.4. The van der Waals surface area contributed by atoms with Crippen LogP contribution in [0.3, 0.4) is 0 Å². The minimum absolute atomic E-state index is 0. The van der Waals surface area contributed by atoms with Crippen molar-refractivity contribution in [1.29, 1.82) is 0 Å². The molecule has 0 heterocycles. The molecule has 1 unspecified atom stereocenters. The third-order valence-electron chi connectivity index (χ3n) is 3.23. The SMILES string of the molecule is COCCN(C)CCN=C(N)NC(C)c1ccc(Cl)cc1Cl.I. The summed E-state index contributed by atoms with van der Waals surface area (Å²) < 4.78 is 5.02. The molecule has 0 aliphatic rings. The van der Waals surface area contributed by atoms with E-state index in [2.05, 4.69) is 15.2 Å². The maximum atomic E-state index is 6.18. The predicted molar refractivity (Wildman–Crippen MR) is 109 cm³/mol. The topological polar surface area (TPSA) is 62.9 Å². The molecule has 0 aliphatic carbocycles. The molecule has 0 saturated carbocycles. The molecule has 0 saturated heterocycles. The van der Waals surface area contributed by atoms with E-state index < -0.39 is 0 Å². The number of hydrogen-bond donors (Lipinski definition) is 2. The van der Waals surface area contributed by atoms with Crippen molar-refractivity contribution in [2.45, 2.75) is 13.0 Å². The number of likely N-dealkylation sites (N-methyl/N-ethyl adjacent to an activating group) is 1. The van der Waals surface area contributed by atoms with E-state index in [1.165, 1.54) is 0 Å². The van der Waals surface area contributed by atoms with Crippen molar-refractivity contribution in [2.24, 2.45) is 10.7 Å². The summed E-state index contributed by atoms with van der Waals surface area (Å²) in [5.74, 6) is 0.402. The van der Waals surface area contributed by atoms with Crippen LogP contribution in [-0.4, -0.2) is 51.3 Å². The molecule has 0 bridgehead atoms. The third kappa shape index (κ3) is 8.95. The van der Waals surface area contributed by atoms with Crippen molar-refractivity contribution >= 4 is 53.1 Å². The van der Waals surface area contributed by atoms with E-state index in [0.717, 1.165) is 18.7 Å². The summed E-state index contributed by atoms with van der Waals surface area (Å²) in [4.78, 5) is 6.46. The van der Waals surface area contributed by atoms with E-state index in [9.17, 15) is 0 Å². The second-order valence-corrected chi connectivity index (χ2v) is 5.94. The van der Waals surface area contributed by atoms with Crippen LogP contribution in [0.2, 0.25) is 10.0 Å². The Morgan fingerprint density at radius 2 is 2.09 bits per heavy atom. The summed E-state index contributed by atoms with van der Waals surface area (Å²) >= 11 is 12.1. The fourth-order valence-electron chi connectivity index (χ4n) is 1.90. The van der Waals surface area contributed by atoms with Gasteiger partial charge in [0.25, 0.3) is 0 Å². The molecule has 1 rings (SSSR count). The van der Waals surface area contributed by atoms with Crippen molar-refractivity contribution in [3.63, 3.8) is 0 Å². The highest BCUT2D eigenvalue weighted by molar-refractivity contribution is 14.0. The molecule has 0 radical (unpaired) electrons. The zero-order valence-electron chi connectivity index (χ0n) is 13.7. The summed E-state index contributed by atoms with van der Waals surface area (Å²) in [7, 11) is 3.71. The number of benzene rings is 1. The minimum Gasteiger partial charge on any atom is -0.383 e. The van der Waals surface area contributed by atoms with Crippen LogP contribution in [0.25, 0.3) is 0 Å². The van der Waals surface area contributed by atoms with E-state index in [4.69, 9.17) is 33.7 Å². The Kier molecular flexibility index (Phi) is 12.0. The summed E-state index contributed by atoms with van der Waals surface area (Å²) in [5.41, 5.74) is 6.84. The Balaban J connectivity index is 0.00000484. The van der Waals surface area contributed by atoms with Crippen LogP contribution in [0.15, 0.2) is 23.2 Å². The molecule has 3 N–H and O–H groups in total. The molecular weight excluding hydrogens is 450 g/mol. The lowest BCUT2D eigenvalue weighted by Gasteiger charge is -2.17. The third-order valence-corrected chi connectivity index (χ3v) is 3.80. The monoisotopic (exact) mass is 474 g/mol. The average molecular weight is 475 g/mol. The highest BCUT2D eigenvalue weighted by Gasteiger charge is 2.10. The maximum absolute atomic E-state index is 6.18. The number of hydrogen-bond acceptors (Lipinski definition) is 3. The van der Waals surface area contributed by atoms with Crippen LogP contribution in [-0.2, 0) is 4.74 Å². The van der Waals surface area contributed by atoms with Gasteiger partial charge in [-0.3, -0.25) is 4.99 Å². The van der Waals surface area contributed by atoms with Gasteiger partial charge in [-0.1, -0.05) is 29.3 Å². The number of halogens is 3. The molecule has 0 amide bonds. The summed E-state index contributed by atoms with van der Waals surface area (Å²) in [6, 6.07) is 5.36. The Bertz CT molecular complexity index is 502. The first kappa shape index (κ1) is 22.7. The summed E-state index contributed by atoms with van der Waals surface area (Å²) in [6.45, 7) is 5.00. The normalized spacial score (nSPS) is 12.9. The van der Waals surface area contributed by atoms with Gasteiger partial charge in [0.15, 0.2) is 5.96 Å². The molecule has 1 aromatic carbocycles. The molecule has 8 heteroatoms. The van der Waals surface area contributed by atoms with Crippen molar-refractivity contribution in [3.8, 4) is 0 Å². The lowest BCUT2D eigenvalue weighted by atomic mass is 10.1. The summed E-state index contributed by atoms with van der Waals surface area (Å²) in [5, 5.41) is 4.35. The second kappa shape index (κ2) is 12.1. The van der Waals surface area contributed by atoms with Gasteiger partial charge in [0.1, 0.15) is 0 Å². The van der Waals surface area contributed by atoms with Crippen molar-refractivity contribution in [1.82, 2.24) is 10.2 Å². The number of rotatable bonds is 8. The van der Waals surface area contributed by atoms with Gasteiger partial charge < -0.3 is 20.7 Å². The van der Waals surface area contributed by atoms with E-state index in [-0.39, 0.29) is 30.0 Å². The highest BCUT2D eigenvalue weighted by atomic mass is 127. The lowest BCUT2D eigenvalue weighted by Crippen LogP contribution is -2.35. The lowest BCUT2D eigenvalue weighted by molar-refractivity contribution is 0.163. The van der Waals surface area contributed by atoms with Crippen molar-refractivity contribution in [2.75, 3.05) is 40.4 Å². The number of nitrogens with two attached hydrogens (primary N) is 1.